The van der Waals surface area contributed by atoms with Gasteiger partial charge in [0.05, 0.1) is 0 Å². The summed E-state index contributed by atoms with van der Waals surface area (Å²) in [5.41, 5.74) is 0. The van der Waals surface area contributed by atoms with Crippen molar-refractivity contribution in [1.82, 2.24) is 4.90 Å². The molecule has 0 saturated heterocycles. The summed E-state index contributed by atoms with van der Waals surface area (Å²) in [4.78, 5) is 15.1. The van der Waals surface area contributed by atoms with E-state index < -0.39 is 6.09 Å². The molecule has 4 nitrogen and oxygen atoms in total. The number of nitrogens with zero attached hydrogens (tertiary/aromatic N) is 1. The van der Waals surface area contributed by atoms with Gasteiger partial charge in [-0.25, -0.2) is 4.79 Å². The van der Waals surface area contributed by atoms with Gasteiger partial charge in [-0.05, 0) is 0 Å². The predicted molar refractivity (Wildman–Crippen MR) is 24.4 cm³/mol. The second-order valence-electron chi connectivity index (χ2n) is 1.28. The molecule has 42 valence electrons. The molecule has 0 unspecified atom stereocenters. The van der Waals surface area contributed by atoms with Crippen molar-refractivity contribution in [2.24, 2.45) is 5.90 Å². The van der Waals surface area contributed by atoms with Crippen molar-refractivity contribution in [2.45, 2.75) is 0 Å². The van der Waals surface area contributed by atoms with Crippen molar-refractivity contribution in [3.8, 4) is 0 Å². The van der Waals surface area contributed by atoms with Crippen LogP contribution in [-0.2, 0) is 4.84 Å². The van der Waals surface area contributed by atoms with E-state index in [9.17, 15) is 4.79 Å². The van der Waals surface area contributed by atoms with E-state index in [1.165, 1.54) is 4.90 Å². The minimum atomic E-state index is -0.542. The van der Waals surface area contributed by atoms with Gasteiger partial charge in [-0.3, -0.25) is 0 Å². The van der Waals surface area contributed by atoms with Crippen molar-refractivity contribution in [3.63, 3.8) is 0 Å². The Morgan fingerprint density at radius 2 is 2.14 bits per heavy atom. The SMILES string of the molecule is CN(C)C(=O)ON. The van der Waals surface area contributed by atoms with E-state index in [-0.39, 0.29) is 0 Å². The quantitative estimate of drug-likeness (QED) is 0.424. The van der Waals surface area contributed by atoms with E-state index in [1.807, 2.05) is 0 Å². The van der Waals surface area contributed by atoms with Crippen LogP contribution in [0, 0.1) is 0 Å². The van der Waals surface area contributed by atoms with Crippen LogP contribution >= 0.6 is 0 Å². The zero-order chi connectivity index (χ0) is 5.86. The van der Waals surface area contributed by atoms with Gasteiger partial charge < -0.3 is 9.74 Å². The summed E-state index contributed by atoms with van der Waals surface area (Å²) in [6.45, 7) is 0. The highest BCUT2D eigenvalue weighted by atomic mass is 16.7. The summed E-state index contributed by atoms with van der Waals surface area (Å²) in [6, 6.07) is 0. The van der Waals surface area contributed by atoms with Gasteiger partial charge in [0, 0.05) is 14.1 Å². The molecule has 0 spiro atoms. The molecule has 1 amide bonds. The van der Waals surface area contributed by atoms with E-state index in [0.29, 0.717) is 0 Å². The Hall–Kier alpha value is -0.770. The molecule has 0 atom stereocenters. The summed E-state index contributed by atoms with van der Waals surface area (Å²) in [6.07, 6.45) is -0.542. The van der Waals surface area contributed by atoms with Crippen molar-refractivity contribution in [2.75, 3.05) is 14.1 Å². The first kappa shape index (κ1) is 6.23. The van der Waals surface area contributed by atoms with Gasteiger partial charge in [0.1, 0.15) is 0 Å². The molecular weight excluding hydrogens is 96.0 g/mol. The number of nitrogens with two attached hydrogens (primary N) is 1. The van der Waals surface area contributed by atoms with Crippen LogP contribution in [0.15, 0.2) is 0 Å². The zero-order valence-corrected chi connectivity index (χ0v) is 4.34. The molecule has 0 aliphatic carbocycles. The maximum atomic E-state index is 10.1. The van der Waals surface area contributed by atoms with Gasteiger partial charge in [0.15, 0.2) is 0 Å². The van der Waals surface area contributed by atoms with Crippen LogP contribution < -0.4 is 5.90 Å². The molecule has 0 bridgehead atoms. The van der Waals surface area contributed by atoms with Gasteiger partial charge in [0.25, 0.3) is 0 Å². The standard InChI is InChI=1S/C3H8N2O2/c1-5(2)3(6)7-4/h4H2,1-2H3. The molecule has 2 N–H and O–H groups in total. The highest BCUT2D eigenvalue weighted by Crippen LogP contribution is 1.76. The summed E-state index contributed by atoms with van der Waals surface area (Å²) in [5.74, 6) is 4.48. The van der Waals surface area contributed by atoms with Crippen LogP contribution in [0.1, 0.15) is 0 Å². The topological polar surface area (TPSA) is 55.6 Å². The maximum Gasteiger partial charge on any atom is 0.427 e. The van der Waals surface area contributed by atoms with Gasteiger partial charge in [0.2, 0.25) is 0 Å². The number of carbonyl (C=O) groups is 1. The fraction of sp³-hybridized carbons (Fsp3) is 0.667. The molecule has 0 rings (SSSR count). The van der Waals surface area contributed by atoms with Gasteiger partial charge >= 0.3 is 6.09 Å². The minimum absolute atomic E-state index is 0.542. The first-order chi connectivity index (χ1) is 3.18. The maximum absolute atomic E-state index is 10.1. The smallest absolute Gasteiger partial charge is 0.357 e. The zero-order valence-electron chi connectivity index (χ0n) is 4.34. The Morgan fingerprint density at radius 1 is 1.71 bits per heavy atom. The molecular formula is C3H8N2O2. The molecule has 0 saturated carbocycles. The molecule has 0 fully saturated rings. The number of rotatable bonds is 0. The Morgan fingerprint density at radius 3 is 2.14 bits per heavy atom. The lowest BCUT2D eigenvalue weighted by Gasteiger charge is -2.04. The average molecular weight is 104 g/mol. The van der Waals surface area contributed by atoms with Crippen LogP contribution in [0.2, 0.25) is 0 Å². The number of hydrogen-bond donors (Lipinski definition) is 1. The van der Waals surface area contributed by atoms with Gasteiger partial charge in [-0.15, -0.1) is 0 Å². The van der Waals surface area contributed by atoms with Gasteiger partial charge in [-0.1, -0.05) is 0 Å². The first-order valence-electron chi connectivity index (χ1n) is 1.76. The summed E-state index contributed by atoms with van der Waals surface area (Å²) < 4.78 is 0. The predicted octanol–water partition coefficient (Wildman–Crippen LogP) is -0.442. The largest absolute Gasteiger partial charge is 0.427 e. The fourth-order valence-electron chi connectivity index (χ4n) is 0.105. The highest BCUT2D eigenvalue weighted by molar-refractivity contribution is 5.66. The number of hydrogen-bond acceptors (Lipinski definition) is 3. The van der Waals surface area contributed by atoms with Crippen LogP contribution in [-0.4, -0.2) is 25.1 Å². The monoisotopic (exact) mass is 104 g/mol. The first-order valence-corrected chi connectivity index (χ1v) is 1.76. The fourth-order valence-corrected chi connectivity index (χ4v) is 0.105. The van der Waals surface area contributed by atoms with Gasteiger partial charge in [-0.2, -0.15) is 5.90 Å². The van der Waals surface area contributed by atoms with Crippen LogP contribution in [0.25, 0.3) is 0 Å². The highest BCUT2D eigenvalue weighted by Gasteiger charge is 1.98. The lowest BCUT2D eigenvalue weighted by atomic mass is 10.9. The molecule has 0 aromatic heterocycles. The van der Waals surface area contributed by atoms with E-state index in [4.69, 9.17) is 0 Å². The van der Waals surface area contributed by atoms with E-state index in [1.54, 1.807) is 14.1 Å². The molecule has 0 heterocycles. The second kappa shape index (κ2) is 2.41. The number of carbonyl (C=O) groups excluding carboxylic acids is 1. The van der Waals surface area contributed by atoms with Crippen LogP contribution in [0.5, 0.6) is 0 Å². The van der Waals surface area contributed by atoms with Crippen molar-refractivity contribution in [1.29, 1.82) is 0 Å². The normalized spacial score (nSPS) is 7.86. The summed E-state index contributed by atoms with van der Waals surface area (Å²) in [5, 5.41) is 0. The molecule has 0 aliphatic rings. The molecule has 0 aromatic rings. The van der Waals surface area contributed by atoms with Crippen molar-refractivity contribution in [3.05, 3.63) is 0 Å². The van der Waals surface area contributed by atoms with E-state index >= 15 is 0 Å². The lowest BCUT2D eigenvalue weighted by molar-refractivity contribution is 0.119. The number of amides is 1. The average Bonchev–Trinajstić information content (AvgIpc) is 1.65. The molecule has 4 heteroatoms. The third-order valence-electron chi connectivity index (χ3n) is 0.466. The third kappa shape index (κ3) is 1.99. The second-order valence-corrected chi connectivity index (χ2v) is 1.28. The Balaban J connectivity index is 3.35. The van der Waals surface area contributed by atoms with E-state index in [0.717, 1.165) is 0 Å². The summed E-state index contributed by atoms with van der Waals surface area (Å²) >= 11 is 0. The van der Waals surface area contributed by atoms with Crippen molar-refractivity contribution >= 4 is 6.09 Å². The molecule has 7 heavy (non-hydrogen) atoms. The Bertz CT molecular complexity index is 71.3. The van der Waals surface area contributed by atoms with E-state index in [2.05, 4.69) is 10.7 Å². The Labute approximate surface area is 41.8 Å². The molecule has 0 aliphatic heterocycles. The third-order valence-corrected chi connectivity index (χ3v) is 0.466. The molecule has 0 aromatic carbocycles. The lowest BCUT2D eigenvalue weighted by Crippen LogP contribution is -2.25. The van der Waals surface area contributed by atoms with Crippen LogP contribution in [0.4, 0.5) is 4.79 Å². The molecule has 0 radical (unpaired) electrons. The minimum Gasteiger partial charge on any atom is -0.357 e. The Kier molecular flexibility index (Phi) is 2.15. The van der Waals surface area contributed by atoms with Crippen LogP contribution in [0.3, 0.4) is 0 Å². The van der Waals surface area contributed by atoms with Crippen molar-refractivity contribution < 1.29 is 9.63 Å². The summed E-state index contributed by atoms with van der Waals surface area (Å²) in [7, 11) is 3.10.